The van der Waals surface area contributed by atoms with Crippen LogP contribution in [0.15, 0.2) is 35.8 Å². The number of methoxy groups -OCH3 is 1. The van der Waals surface area contributed by atoms with Crippen LogP contribution in [0.3, 0.4) is 0 Å². The van der Waals surface area contributed by atoms with E-state index in [9.17, 15) is 4.79 Å². The van der Waals surface area contributed by atoms with Crippen LogP contribution in [-0.4, -0.2) is 24.7 Å². The highest BCUT2D eigenvalue weighted by molar-refractivity contribution is 7.09. The molecule has 0 spiro atoms. The summed E-state index contributed by atoms with van der Waals surface area (Å²) in [6, 6.07) is 7.60. The zero-order valence-corrected chi connectivity index (χ0v) is 11.5. The standard InChI is InChI=1S/C14H15NO3S/c1-17-14(16)11-4-5-12(15-9-11)10-18-7-6-13-3-2-8-19-13/h2-5,8-9H,6-7,10H2,1H3. The second kappa shape index (κ2) is 7.01. The number of hydrogen-bond acceptors (Lipinski definition) is 5. The van der Waals surface area contributed by atoms with Gasteiger partial charge in [0.1, 0.15) is 0 Å². The first-order chi connectivity index (χ1) is 9.29. The highest BCUT2D eigenvalue weighted by atomic mass is 32.1. The third kappa shape index (κ3) is 4.15. The topological polar surface area (TPSA) is 48.4 Å². The Morgan fingerprint density at radius 1 is 1.37 bits per heavy atom. The number of esters is 1. The smallest absolute Gasteiger partial charge is 0.339 e. The minimum Gasteiger partial charge on any atom is -0.465 e. The highest BCUT2D eigenvalue weighted by Gasteiger charge is 2.05. The number of rotatable bonds is 6. The van der Waals surface area contributed by atoms with Gasteiger partial charge in [0.15, 0.2) is 0 Å². The van der Waals surface area contributed by atoms with Gasteiger partial charge in [-0.25, -0.2) is 4.79 Å². The third-order valence-corrected chi connectivity index (χ3v) is 3.50. The van der Waals surface area contributed by atoms with E-state index < -0.39 is 0 Å². The summed E-state index contributed by atoms with van der Waals surface area (Å²) in [6.45, 7) is 1.12. The number of pyridine rings is 1. The molecule has 0 bridgehead atoms. The third-order valence-electron chi connectivity index (χ3n) is 2.57. The molecule has 0 aromatic carbocycles. The van der Waals surface area contributed by atoms with Crippen LogP contribution in [0.5, 0.6) is 0 Å². The van der Waals surface area contributed by atoms with Crippen molar-refractivity contribution in [3.05, 3.63) is 52.0 Å². The Kier molecular flexibility index (Phi) is 5.06. The van der Waals surface area contributed by atoms with Crippen LogP contribution in [0.25, 0.3) is 0 Å². The van der Waals surface area contributed by atoms with Crippen LogP contribution in [-0.2, 0) is 22.5 Å². The lowest BCUT2D eigenvalue weighted by molar-refractivity contribution is 0.0600. The van der Waals surface area contributed by atoms with Gasteiger partial charge in [-0.2, -0.15) is 0 Å². The lowest BCUT2D eigenvalue weighted by Crippen LogP contribution is -2.04. The Hall–Kier alpha value is -1.72. The quantitative estimate of drug-likeness (QED) is 0.601. The number of carbonyl (C=O) groups is 1. The van der Waals surface area contributed by atoms with Crippen molar-refractivity contribution >= 4 is 17.3 Å². The fraction of sp³-hybridized carbons (Fsp3) is 0.286. The summed E-state index contributed by atoms with van der Waals surface area (Å²) in [5.41, 5.74) is 1.25. The van der Waals surface area contributed by atoms with Gasteiger partial charge in [-0.05, 0) is 23.6 Å². The van der Waals surface area contributed by atoms with Gasteiger partial charge in [0.25, 0.3) is 0 Å². The summed E-state index contributed by atoms with van der Waals surface area (Å²) in [7, 11) is 1.35. The molecule has 2 aromatic rings. The first-order valence-electron chi connectivity index (χ1n) is 5.93. The maximum Gasteiger partial charge on any atom is 0.339 e. The van der Waals surface area contributed by atoms with Crippen LogP contribution in [0.1, 0.15) is 20.9 Å². The Balaban J connectivity index is 1.75. The van der Waals surface area contributed by atoms with E-state index >= 15 is 0 Å². The highest BCUT2D eigenvalue weighted by Crippen LogP contribution is 2.09. The van der Waals surface area contributed by atoms with Gasteiger partial charge in [-0.3, -0.25) is 4.98 Å². The lowest BCUT2D eigenvalue weighted by Gasteiger charge is -2.04. The largest absolute Gasteiger partial charge is 0.465 e. The first-order valence-corrected chi connectivity index (χ1v) is 6.81. The minimum absolute atomic E-state index is 0.377. The SMILES string of the molecule is COC(=O)c1ccc(COCCc2cccs2)nc1. The predicted molar refractivity (Wildman–Crippen MR) is 73.3 cm³/mol. The Bertz CT molecular complexity index is 508. The molecular formula is C14H15NO3S. The van der Waals surface area contributed by atoms with Gasteiger partial charge in [0.05, 0.1) is 31.6 Å². The van der Waals surface area contributed by atoms with Gasteiger partial charge < -0.3 is 9.47 Å². The number of carbonyl (C=O) groups excluding carboxylic acids is 1. The number of nitrogens with zero attached hydrogens (tertiary/aromatic N) is 1. The van der Waals surface area contributed by atoms with Crippen LogP contribution < -0.4 is 0 Å². The zero-order valence-electron chi connectivity index (χ0n) is 10.7. The van der Waals surface area contributed by atoms with Gasteiger partial charge in [-0.15, -0.1) is 11.3 Å². The fourth-order valence-corrected chi connectivity index (χ4v) is 2.24. The first kappa shape index (κ1) is 13.7. The van der Waals surface area contributed by atoms with Crippen LogP contribution >= 0.6 is 11.3 Å². The Labute approximate surface area is 116 Å². The molecule has 2 rings (SSSR count). The van der Waals surface area contributed by atoms with E-state index in [1.807, 2.05) is 6.07 Å². The van der Waals surface area contributed by atoms with Crippen molar-refractivity contribution in [2.45, 2.75) is 13.0 Å². The van der Waals surface area contributed by atoms with E-state index in [0.29, 0.717) is 18.8 Å². The van der Waals surface area contributed by atoms with Gasteiger partial charge in [0.2, 0.25) is 0 Å². The average Bonchev–Trinajstić information content (AvgIpc) is 2.96. The second-order valence-corrected chi connectivity index (χ2v) is 4.94. The van der Waals surface area contributed by atoms with Crippen LogP contribution in [0, 0.1) is 0 Å². The molecule has 19 heavy (non-hydrogen) atoms. The monoisotopic (exact) mass is 277 g/mol. The number of aromatic nitrogens is 1. The van der Waals surface area contributed by atoms with Crippen LogP contribution in [0.2, 0.25) is 0 Å². The fourth-order valence-electron chi connectivity index (χ4n) is 1.55. The van der Waals surface area contributed by atoms with E-state index in [1.54, 1.807) is 23.5 Å². The summed E-state index contributed by atoms with van der Waals surface area (Å²) < 4.78 is 10.2. The second-order valence-electron chi connectivity index (χ2n) is 3.91. The summed E-state index contributed by atoms with van der Waals surface area (Å²) in [5.74, 6) is -0.377. The van der Waals surface area contributed by atoms with Gasteiger partial charge in [0, 0.05) is 17.5 Å². The Morgan fingerprint density at radius 3 is 2.89 bits per heavy atom. The Morgan fingerprint density at radius 2 is 2.26 bits per heavy atom. The van der Waals surface area contributed by atoms with Crippen molar-refractivity contribution in [2.24, 2.45) is 0 Å². The number of ether oxygens (including phenoxy) is 2. The molecule has 0 N–H and O–H groups in total. The van der Waals surface area contributed by atoms with E-state index in [4.69, 9.17) is 4.74 Å². The minimum atomic E-state index is -0.377. The van der Waals surface area contributed by atoms with Crippen molar-refractivity contribution in [3.63, 3.8) is 0 Å². The molecule has 100 valence electrons. The maximum absolute atomic E-state index is 11.2. The van der Waals surface area contributed by atoms with E-state index in [2.05, 4.69) is 21.2 Å². The number of hydrogen-bond donors (Lipinski definition) is 0. The molecule has 0 unspecified atom stereocenters. The van der Waals surface area contributed by atoms with Crippen LogP contribution in [0.4, 0.5) is 0 Å². The molecule has 0 saturated heterocycles. The normalized spacial score (nSPS) is 10.4. The van der Waals surface area contributed by atoms with Crippen molar-refractivity contribution in [1.29, 1.82) is 0 Å². The maximum atomic E-state index is 11.2. The molecule has 0 fully saturated rings. The number of thiophene rings is 1. The molecule has 4 nitrogen and oxygen atoms in total. The molecule has 0 radical (unpaired) electrons. The van der Waals surface area contributed by atoms with Gasteiger partial charge >= 0.3 is 5.97 Å². The zero-order chi connectivity index (χ0) is 13.5. The molecule has 0 aliphatic carbocycles. The molecule has 0 atom stereocenters. The average molecular weight is 277 g/mol. The molecule has 5 heteroatoms. The summed E-state index contributed by atoms with van der Waals surface area (Å²) >= 11 is 1.73. The van der Waals surface area contributed by atoms with Crippen molar-refractivity contribution in [1.82, 2.24) is 4.98 Å². The molecular weight excluding hydrogens is 262 g/mol. The molecule has 0 amide bonds. The van der Waals surface area contributed by atoms with Crippen molar-refractivity contribution in [3.8, 4) is 0 Å². The summed E-state index contributed by atoms with van der Waals surface area (Å²) in [6.07, 6.45) is 2.42. The molecule has 0 saturated carbocycles. The van der Waals surface area contributed by atoms with Gasteiger partial charge in [-0.1, -0.05) is 6.07 Å². The van der Waals surface area contributed by atoms with E-state index in [-0.39, 0.29) is 5.97 Å². The molecule has 0 aliphatic rings. The molecule has 2 aromatic heterocycles. The van der Waals surface area contributed by atoms with E-state index in [1.165, 1.54) is 18.2 Å². The van der Waals surface area contributed by atoms with Crippen molar-refractivity contribution < 1.29 is 14.3 Å². The van der Waals surface area contributed by atoms with E-state index in [0.717, 1.165) is 12.1 Å². The van der Waals surface area contributed by atoms with Crippen molar-refractivity contribution in [2.75, 3.05) is 13.7 Å². The summed E-state index contributed by atoms with van der Waals surface area (Å²) in [5, 5.41) is 2.06. The molecule has 0 aliphatic heterocycles. The predicted octanol–water partition coefficient (Wildman–Crippen LogP) is 2.69. The molecule has 2 heterocycles. The summed E-state index contributed by atoms with van der Waals surface area (Å²) in [4.78, 5) is 16.7. The lowest BCUT2D eigenvalue weighted by atomic mass is 10.2.